The number of aromatic nitrogens is 1. The number of hydrogen-bond donors (Lipinski definition) is 3. The number of allylic oxidation sites excluding steroid dienone is 3. The zero-order valence-corrected chi connectivity index (χ0v) is 22.8. The van der Waals surface area contributed by atoms with E-state index in [1.807, 2.05) is 36.4 Å². The van der Waals surface area contributed by atoms with Crippen molar-refractivity contribution in [1.82, 2.24) is 15.6 Å². The Kier molecular flexibility index (Phi) is 7.56. The number of phenolic OH excluding ortho intramolecular Hbond substituents is 1. The third-order valence-electron chi connectivity index (χ3n) is 7.31. The summed E-state index contributed by atoms with van der Waals surface area (Å²) in [6, 6.07) is 4.16. The molecule has 0 bridgehead atoms. The molecule has 8 nitrogen and oxygen atoms in total. The number of aromatic hydroxyl groups is 1. The van der Waals surface area contributed by atoms with Crippen molar-refractivity contribution in [2.75, 3.05) is 18.6 Å². The molecule has 0 saturated carbocycles. The highest BCUT2D eigenvalue weighted by molar-refractivity contribution is 5.84. The molecular formula is C30H31F3N4O4. The van der Waals surface area contributed by atoms with Gasteiger partial charge in [-0.3, -0.25) is 9.72 Å². The number of anilines is 1. The van der Waals surface area contributed by atoms with Gasteiger partial charge in [0.1, 0.15) is 11.5 Å². The standard InChI is InChI=1S/C30H31F3N4O4/c1-29(2)17-37(27-25(38)13-12-22(26(27)29)18-14-21(40-3)16-34-15-18)24-7-5-4-6-23(24)36-28(39)35-19-8-10-20(11-9-19)41-30(31,32)33/h4-10,12-16,20,23-24,38H,11,17H2,1-3H3,(H2,35,36,39). The van der Waals surface area contributed by atoms with Gasteiger partial charge in [-0.2, -0.15) is 0 Å². The van der Waals surface area contributed by atoms with Crippen LogP contribution in [0.25, 0.3) is 11.1 Å². The largest absolute Gasteiger partial charge is 0.523 e. The van der Waals surface area contributed by atoms with Crippen LogP contribution in [-0.2, 0) is 10.2 Å². The minimum atomic E-state index is -4.73. The van der Waals surface area contributed by atoms with Gasteiger partial charge >= 0.3 is 12.4 Å². The Morgan fingerprint density at radius 1 is 1.17 bits per heavy atom. The number of methoxy groups -OCH3 is 1. The minimum absolute atomic E-state index is 0.0234. The van der Waals surface area contributed by atoms with Crippen LogP contribution < -0.4 is 20.3 Å². The Bertz CT molecular complexity index is 1450. The number of halogens is 3. The maximum absolute atomic E-state index is 12.9. The summed E-state index contributed by atoms with van der Waals surface area (Å²) < 4.78 is 46.8. The van der Waals surface area contributed by atoms with Crippen molar-refractivity contribution in [2.24, 2.45) is 0 Å². The predicted molar refractivity (Wildman–Crippen MR) is 149 cm³/mol. The highest BCUT2D eigenvalue weighted by atomic mass is 19.4. The Labute approximate surface area is 235 Å². The number of carbonyl (C=O) groups excluding carboxylic acids is 1. The number of phenols is 1. The van der Waals surface area contributed by atoms with E-state index in [0.717, 1.165) is 16.7 Å². The summed E-state index contributed by atoms with van der Waals surface area (Å²) >= 11 is 0. The van der Waals surface area contributed by atoms with Gasteiger partial charge in [0.15, 0.2) is 0 Å². The fourth-order valence-corrected chi connectivity index (χ4v) is 5.61. The van der Waals surface area contributed by atoms with E-state index < -0.39 is 24.5 Å². The molecule has 3 unspecified atom stereocenters. The van der Waals surface area contributed by atoms with Crippen LogP contribution >= 0.6 is 0 Å². The molecule has 1 aromatic carbocycles. The van der Waals surface area contributed by atoms with Crippen molar-refractivity contribution < 1.29 is 32.5 Å². The monoisotopic (exact) mass is 568 g/mol. The Balaban J connectivity index is 1.36. The van der Waals surface area contributed by atoms with Crippen molar-refractivity contribution in [3.05, 3.63) is 84.4 Å². The van der Waals surface area contributed by atoms with Crippen LogP contribution in [0.4, 0.5) is 23.7 Å². The van der Waals surface area contributed by atoms with Gasteiger partial charge in [0.2, 0.25) is 0 Å². The first-order valence-corrected chi connectivity index (χ1v) is 13.1. The summed E-state index contributed by atoms with van der Waals surface area (Å²) in [7, 11) is 1.58. The number of ether oxygens (including phenoxy) is 2. The molecule has 11 heteroatoms. The molecule has 5 rings (SSSR count). The van der Waals surface area contributed by atoms with Crippen LogP contribution in [0.2, 0.25) is 0 Å². The van der Waals surface area contributed by atoms with E-state index in [9.17, 15) is 23.1 Å². The first-order chi connectivity index (χ1) is 19.4. The Morgan fingerprint density at radius 3 is 2.66 bits per heavy atom. The second kappa shape index (κ2) is 11.0. The van der Waals surface area contributed by atoms with Crippen LogP contribution in [0.3, 0.4) is 0 Å². The average molecular weight is 569 g/mol. The van der Waals surface area contributed by atoms with E-state index in [-0.39, 0.29) is 23.6 Å². The van der Waals surface area contributed by atoms with Crippen molar-refractivity contribution in [2.45, 2.75) is 50.2 Å². The lowest BCUT2D eigenvalue weighted by Gasteiger charge is -2.36. The second-order valence-electron chi connectivity index (χ2n) is 10.7. The van der Waals surface area contributed by atoms with Crippen molar-refractivity contribution in [3.8, 4) is 22.6 Å². The summed E-state index contributed by atoms with van der Waals surface area (Å²) in [5, 5.41) is 16.7. The van der Waals surface area contributed by atoms with E-state index in [1.165, 1.54) is 18.2 Å². The van der Waals surface area contributed by atoms with Gasteiger partial charge in [0.25, 0.3) is 0 Å². The zero-order valence-electron chi connectivity index (χ0n) is 22.8. The van der Waals surface area contributed by atoms with E-state index in [2.05, 4.69) is 39.1 Å². The smallest absolute Gasteiger partial charge is 0.506 e. The fraction of sp³-hybridized carbons (Fsp3) is 0.333. The third-order valence-corrected chi connectivity index (χ3v) is 7.31. The van der Waals surface area contributed by atoms with Crippen molar-refractivity contribution in [3.63, 3.8) is 0 Å². The van der Waals surface area contributed by atoms with Crippen LogP contribution in [0.5, 0.6) is 11.5 Å². The lowest BCUT2D eigenvalue weighted by atomic mass is 9.82. The quantitative estimate of drug-likeness (QED) is 0.428. The first-order valence-electron chi connectivity index (χ1n) is 13.1. The number of hydrogen-bond acceptors (Lipinski definition) is 6. The molecule has 41 heavy (non-hydrogen) atoms. The number of alkyl halides is 3. The fourth-order valence-electron chi connectivity index (χ4n) is 5.61. The van der Waals surface area contributed by atoms with Crippen LogP contribution in [-0.4, -0.2) is 54.3 Å². The summed E-state index contributed by atoms with van der Waals surface area (Å²) in [5.41, 5.74) is 3.45. The van der Waals surface area contributed by atoms with Gasteiger partial charge in [-0.1, -0.05) is 56.4 Å². The van der Waals surface area contributed by atoms with E-state index in [1.54, 1.807) is 25.6 Å². The molecule has 2 aliphatic carbocycles. The highest BCUT2D eigenvalue weighted by Crippen LogP contribution is 2.51. The number of rotatable bonds is 6. The number of benzene rings is 1. The molecule has 3 atom stereocenters. The number of pyridine rings is 1. The van der Waals surface area contributed by atoms with E-state index in [0.29, 0.717) is 23.7 Å². The Morgan fingerprint density at radius 2 is 1.95 bits per heavy atom. The van der Waals surface area contributed by atoms with Crippen LogP contribution in [0, 0.1) is 0 Å². The number of nitrogens with one attached hydrogen (secondary N) is 2. The number of fused-ring (bicyclic) bond motifs is 1. The number of urea groups is 1. The predicted octanol–water partition coefficient (Wildman–Crippen LogP) is 5.47. The molecule has 2 aromatic rings. The zero-order chi connectivity index (χ0) is 29.4. The molecule has 3 aliphatic rings. The molecule has 1 aromatic heterocycles. The molecule has 0 radical (unpaired) electrons. The minimum Gasteiger partial charge on any atom is -0.506 e. The SMILES string of the molecule is COc1cncc(-c2ccc(O)c3c2C(C)(C)CN3C2C=CC=CC2NC(=O)NC2=CCC(OC(F)(F)F)C=C2)c1. The van der Waals surface area contributed by atoms with Gasteiger partial charge in [-0.05, 0) is 35.8 Å². The lowest BCUT2D eigenvalue weighted by molar-refractivity contribution is -0.336. The molecule has 0 fully saturated rings. The van der Waals surface area contributed by atoms with E-state index >= 15 is 0 Å². The molecule has 216 valence electrons. The highest BCUT2D eigenvalue weighted by Gasteiger charge is 2.43. The average Bonchev–Trinajstić information content (AvgIpc) is 3.21. The topological polar surface area (TPSA) is 96.0 Å². The van der Waals surface area contributed by atoms with Crippen LogP contribution in [0.1, 0.15) is 25.8 Å². The molecule has 1 aliphatic heterocycles. The van der Waals surface area contributed by atoms with Gasteiger partial charge < -0.3 is 25.4 Å². The number of amides is 2. The van der Waals surface area contributed by atoms with E-state index in [4.69, 9.17) is 4.74 Å². The summed E-state index contributed by atoms with van der Waals surface area (Å²) in [6.45, 7) is 4.79. The molecule has 2 amide bonds. The molecule has 0 saturated heterocycles. The van der Waals surface area contributed by atoms with Crippen molar-refractivity contribution >= 4 is 11.7 Å². The molecular weight excluding hydrogens is 537 g/mol. The Hall–Kier alpha value is -4.25. The van der Waals surface area contributed by atoms with Gasteiger partial charge in [0.05, 0.1) is 37.2 Å². The second-order valence-corrected chi connectivity index (χ2v) is 10.7. The van der Waals surface area contributed by atoms with Gasteiger partial charge in [-0.25, -0.2) is 4.79 Å². The lowest BCUT2D eigenvalue weighted by Crippen LogP contribution is -2.53. The summed E-state index contributed by atoms with van der Waals surface area (Å²) in [5.74, 6) is 0.753. The van der Waals surface area contributed by atoms with Crippen LogP contribution in [0.15, 0.2) is 78.8 Å². The molecule has 2 heterocycles. The maximum Gasteiger partial charge on any atom is 0.523 e. The number of nitrogens with zero attached hydrogens (tertiary/aromatic N) is 2. The van der Waals surface area contributed by atoms with Gasteiger partial charge in [0, 0.05) is 29.4 Å². The normalized spacial score (nSPS) is 22.7. The molecule has 0 spiro atoms. The first kappa shape index (κ1) is 28.3. The third kappa shape index (κ3) is 6.09. The molecule has 3 N–H and O–H groups in total. The van der Waals surface area contributed by atoms with Crippen molar-refractivity contribution in [1.29, 1.82) is 0 Å². The van der Waals surface area contributed by atoms with Gasteiger partial charge in [-0.15, -0.1) is 13.2 Å². The summed E-state index contributed by atoms with van der Waals surface area (Å²) in [6.07, 6.45) is 9.19. The number of carbonyl (C=O) groups is 1. The maximum atomic E-state index is 12.9. The summed E-state index contributed by atoms with van der Waals surface area (Å²) in [4.78, 5) is 19.3.